The summed E-state index contributed by atoms with van der Waals surface area (Å²) in [6, 6.07) is 10.3. The number of nitrogens with two attached hydrogens (primary N) is 2. The molecule has 1 aromatic carbocycles. The average Bonchev–Trinajstić information content (AvgIpc) is 3.42. The molecule has 0 fully saturated rings. The monoisotopic (exact) mass is 485 g/mol. The summed E-state index contributed by atoms with van der Waals surface area (Å²) >= 11 is 0. The van der Waals surface area contributed by atoms with E-state index in [4.69, 9.17) is 16.0 Å². The Kier molecular flexibility index (Phi) is 7.76. The van der Waals surface area contributed by atoms with Crippen LogP contribution < -0.4 is 16.8 Å². The van der Waals surface area contributed by atoms with Crippen molar-refractivity contribution in [3.8, 4) is 0 Å². The number of halogens is 1. The fourth-order valence-corrected chi connectivity index (χ4v) is 3.28. The summed E-state index contributed by atoms with van der Waals surface area (Å²) in [6.45, 7) is 0.0790. The van der Waals surface area contributed by atoms with E-state index in [1.807, 2.05) is 18.2 Å². The maximum atomic E-state index is 14.4. The van der Waals surface area contributed by atoms with Crippen molar-refractivity contribution in [2.24, 2.45) is 10.7 Å². The van der Waals surface area contributed by atoms with Gasteiger partial charge in [-0.1, -0.05) is 41.6 Å². The number of anilines is 2. The van der Waals surface area contributed by atoms with Gasteiger partial charge in [-0.2, -0.15) is 0 Å². The minimum Gasteiger partial charge on any atom is -0.396 e. The molecule has 5 N–H and O–H groups in total. The first-order valence-electron chi connectivity index (χ1n) is 11.1. The summed E-state index contributed by atoms with van der Waals surface area (Å²) < 4.78 is 19.4. The van der Waals surface area contributed by atoms with E-state index in [0.717, 1.165) is 0 Å². The normalized spacial score (nSPS) is 15.4. The molecule has 10 heteroatoms. The van der Waals surface area contributed by atoms with Gasteiger partial charge in [0.2, 0.25) is 0 Å². The van der Waals surface area contributed by atoms with E-state index in [1.54, 1.807) is 36.4 Å². The number of hydrogen-bond donors (Lipinski definition) is 3. The Hall–Kier alpha value is -4.86. The van der Waals surface area contributed by atoms with Crippen molar-refractivity contribution in [3.63, 3.8) is 0 Å². The number of carbonyl (C=O) groups excluding carboxylic acids is 1. The molecule has 0 atom stereocenters. The Morgan fingerprint density at radius 1 is 1.17 bits per heavy atom. The van der Waals surface area contributed by atoms with E-state index in [-0.39, 0.29) is 41.3 Å². The number of allylic oxidation sites excluding steroid dienone is 5. The third kappa shape index (κ3) is 6.17. The summed E-state index contributed by atoms with van der Waals surface area (Å²) in [7, 11) is 0. The number of hydrogen-bond acceptors (Lipinski definition) is 8. The highest BCUT2D eigenvalue weighted by Gasteiger charge is 2.13. The number of amides is 1. The molecule has 0 saturated heterocycles. The summed E-state index contributed by atoms with van der Waals surface area (Å²) in [6.07, 6.45) is 12.6. The quantitative estimate of drug-likeness (QED) is 0.335. The largest absolute Gasteiger partial charge is 0.396 e. The molecular weight excluding hydrogens is 461 g/mol. The van der Waals surface area contributed by atoms with Crippen LogP contribution in [0.1, 0.15) is 34.7 Å². The van der Waals surface area contributed by atoms with Crippen molar-refractivity contribution < 1.29 is 13.7 Å². The van der Waals surface area contributed by atoms with E-state index in [0.29, 0.717) is 35.4 Å². The van der Waals surface area contributed by atoms with Crippen molar-refractivity contribution >= 4 is 28.8 Å². The lowest BCUT2D eigenvalue weighted by Crippen LogP contribution is -2.15. The maximum absolute atomic E-state index is 14.4. The third-order valence-electron chi connectivity index (χ3n) is 5.18. The number of benzene rings is 1. The Labute approximate surface area is 206 Å². The number of nitrogens with one attached hydrogen (secondary N) is 1. The van der Waals surface area contributed by atoms with E-state index in [9.17, 15) is 9.18 Å². The Morgan fingerprint density at radius 3 is 2.67 bits per heavy atom. The van der Waals surface area contributed by atoms with E-state index >= 15 is 0 Å². The Balaban J connectivity index is 1.56. The number of nitrogen functional groups attached to an aromatic ring is 1. The van der Waals surface area contributed by atoms with Crippen LogP contribution >= 0.6 is 0 Å². The molecule has 36 heavy (non-hydrogen) atoms. The third-order valence-corrected chi connectivity index (χ3v) is 5.18. The predicted octanol–water partition coefficient (Wildman–Crippen LogP) is 4.22. The van der Waals surface area contributed by atoms with Crippen LogP contribution in [-0.2, 0) is 0 Å². The van der Waals surface area contributed by atoms with E-state index in [1.165, 1.54) is 24.6 Å². The maximum Gasteiger partial charge on any atom is 0.255 e. The highest BCUT2D eigenvalue weighted by Crippen LogP contribution is 2.19. The number of aromatic nitrogens is 3. The molecule has 9 nitrogen and oxygen atoms in total. The second-order valence-electron chi connectivity index (χ2n) is 7.72. The molecule has 0 radical (unpaired) electrons. The van der Waals surface area contributed by atoms with Crippen LogP contribution in [-0.4, -0.2) is 33.3 Å². The number of rotatable bonds is 7. The van der Waals surface area contributed by atoms with Crippen LogP contribution in [0.25, 0.3) is 5.70 Å². The lowest BCUT2D eigenvalue weighted by molar-refractivity contribution is 0.102. The van der Waals surface area contributed by atoms with Crippen molar-refractivity contribution in [2.45, 2.75) is 12.8 Å². The van der Waals surface area contributed by atoms with Crippen LogP contribution in [0.4, 0.5) is 15.9 Å². The first-order chi connectivity index (χ1) is 17.5. The van der Waals surface area contributed by atoms with Gasteiger partial charge in [-0.05, 0) is 37.1 Å². The van der Waals surface area contributed by atoms with Gasteiger partial charge >= 0.3 is 0 Å². The van der Waals surface area contributed by atoms with Gasteiger partial charge < -0.3 is 21.3 Å². The van der Waals surface area contributed by atoms with Gasteiger partial charge in [0.1, 0.15) is 23.5 Å². The second-order valence-corrected chi connectivity index (χ2v) is 7.72. The molecule has 1 amide bonds. The number of carbonyl (C=O) groups is 1. The molecule has 182 valence electrons. The van der Waals surface area contributed by atoms with Gasteiger partial charge in [0.15, 0.2) is 11.6 Å². The topological polar surface area (TPSA) is 145 Å². The lowest BCUT2D eigenvalue weighted by atomic mass is 10.1. The molecule has 3 aromatic rings. The van der Waals surface area contributed by atoms with Crippen molar-refractivity contribution in [1.29, 1.82) is 0 Å². The van der Waals surface area contributed by atoms with Gasteiger partial charge in [0, 0.05) is 17.2 Å². The fourth-order valence-electron chi connectivity index (χ4n) is 3.28. The minimum absolute atomic E-state index is 0.0421. The summed E-state index contributed by atoms with van der Waals surface area (Å²) in [5, 5.41) is 6.59. The van der Waals surface area contributed by atoms with E-state index < -0.39 is 0 Å². The Morgan fingerprint density at radius 2 is 1.94 bits per heavy atom. The van der Waals surface area contributed by atoms with Gasteiger partial charge in [-0.3, -0.25) is 9.79 Å². The molecule has 1 aliphatic carbocycles. The number of aliphatic imine (C=N–C) groups is 1. The molecule has 2 aromatic heterocycles. The molecule has 0 spiro atoms. The van der Waals surface area contributed by atoms with Gasteiger partial charge in [-0.25, -0.2) is 14.4 Å². The standard InChI is InChI=1S/C26H24FN7O2/c27-19-11-7-2-1-4-10-18(19)15-30-22(21-12-13-36-34-21)14-20(28)25-31-16-23(24(29)33-25)32-26(35)17-8-5-3-6-9-17/h1-3,5-6,8-14,16H,4,7,15,28H2,(H,32,35)(H2,29,31,33)/b2-1-,18-10?,19-11?,20-14?,30-22?. The summed E-state index contributed by atoms with van der Waals surface area (Å²) in [5.41, 5.74) is 14.4. The molecule has 2 heterocycles. The van der Waals surface area contributed by atoms with Gasteiger partial charge in [-0.15, -0.1) is 0 Å². The molecular formula is C26H24FN7O2. The highest BCUT2D eigenvalue weighted by molar-refractivity contribution is 6.10. The van der Waals surface area contributed by atoms with Gasteiger partial charge in [0.25, 0.3) is 5.91 Å². The zero-order chi connectivity index (χ0) is 25.3. The summed E-state index contributed by atoms with van der Waals surface area (Å²) in [5.74, 6) is -0.491. The molecule has 0 unspecified atom stereocenters. The smallest absolute Gasteiger partial charge is 0.255 e. The molecule has 0 bridgehead atoms. The van der Waals surface area contributed by atoms with Crippen LogP contribution in [0.5, 0.6) is 0 Å². The molecule has 1 aliphatic rings. The highest BCUT2D eigenvalue weighted by atomic mass is 19.1. The van der Waals surface area contributed by atoms with Gasteiger partial charge in [0.05, 0.1) is 24.2 Å². The first-order valence-corrected chi connectivity index (χ1v) is 11.1. The summed E-state index contributed by atoms with van der Waals surface area (Å²) in [4.78, 5) is 25.3. The minimum atomic E-state index is -0.345. The van der Waals surface area contributed by atoms with E-state index in [2.05, 4.69) is 25.4 Å². The number of nitrogens with zero attached hydrogens (tertiary/aromatic N) is 4. The van der Waals surface area contributed by atoms with Crippen LogP contribution in [0, 0.1) is 0 Å². The fraction of sp³-hybridized carbons (Fsp3) is 0.115. The van der Waals surface area contributed by atoms with Crippen molar-refractivity contribution in [1.82, 2.24) is 15.1 Å². The van der Waals surface area contributed by atoms with Crippen LogP contribution in [0.15, 0.2) is 100 Å². The zero-order valence-corrected chi connectivity index (χ0v) is 19.3. The SMILES string of the molecule is NC(=CC(=NCC1=CC/C=C\CC=C1F)c1ccon1)c1ncc(NC(=O)c2ccccc2)c(N)n1. The average molecular weight is 486 g/mol. The van der Waals surface area contributed by atoms with Crippen molar-refractivity contribution in [2.75, 3.05) is 17.6 Å². The van der Waals surface area contributed by atoms with Crippen LogP contribution in [0.2, 0.25) is 0 Å². The first kappa shape index (κ1) is 24.3. The van der Waals surface area contributed by atoms with Crippen LogP contribution in [0.3, 0.4) is 0 Å². The Bertz CT molecular complexity index is 1370. The predicted molar refractivity (Wildman–Crippen MR) is 137 cm³/mol. The molecule has 0 saturated carbocycles. The van der Waals surface area contributed by atoms with Crippen molar-refractivity contribution in [3.05, 3.63) is 108 Å². The molecule has 4 rings (SSSR count). The lowest BCUT2D eigenvalue weighted by Gasteiger charge is -2.09. The second kappa shape index (κ2) is 11.5. The zero-order valence-electron chi connectivity index (χ0n) is 19.3. The molecule has 0 aliphatic heterocycles.